The quantitative estimate of drug-likeness (QED) is 0.937. The minimum Gasteiger partial charge on any atom is -0.472 e. The molecular formula is C18H19FN2O3. The van der Waals surface area contributed by atoms with E-state index in [1.807, 2.05) is 0 Å². The summed E-state index contributed by atoms with van der Waals surface area (Å²) >= 11 is 0. The number of carbonyl (C=O) groups excluding carboxylic acids is 2. The smallest absolute Gasteiger partial charge is 0.257 e. The van der Waals surface area contributed by atoms with Gasteiger partial charge in [0.2, 0.25) is 5.91 Å². The van der Waals surface area contributed by atoms with Crippen LogP contribution in [0, 0.1) is 11.7 Å². The van der Waals surface area contributed by atoms with Crippen LogP contribution in [0.1, 0.15) is 28.8 Å². The van der Waals surface area contributed by atoms with Crippen LogP contribution in [0.5, 0.6) is 0 Å². The molecule has 1 aliphatic rings. The summed E-state index contributed by atoms with van der Waals surface area (Å²) in [6.07, 6.45) is 4.18. The standard InChI is InChI=1S/C18H19FN2O3/c19-16-3-1-13(2-4-16)11-20-17(22)14-5-8-21(9-6-14)18(23)15-7-10-24-12-15/h1-4,7,10,12,14H,5-6,8-9,11H2,(H,20,22). The van der Waals surface area contributed by atoms with E-state index in [-0.39, 0.29) is 23.5 Å². The third-order valence-corrected chi connectivity index (χ3v) is 4.30. The predicted molar refractivity (Wildman–Crippen MR) is 85.6 cm³/mol. The molecule has 0 saturated carbocycles. The summed E-state index contributed by atoms with van der Waals surface area (Å²) in [6.45, 7) is 1.49. The molecule has 0 unspecified atom stereocenters. The zero-order valence-electron chi connectivity index (χ0n) is 13.2. The first-order chi connectivity index (χ1) is 11.6. The number of piperidine rings is 1. The third kappa shape index (κ3) is 3.82. The molecule has 1 N–H and O–H groups in total. The second kappa shape index (κ2) is 7.29. The molecule has 126 valence electrons. The minimum absolute atomic E-state index is 0.0188. The molecule has 2 aromatic rings. The second-order valence-corrected chi connectivity index (χ2v) is 5.92. The first-order valence-corrected chi connectivity index (χ1v) is 7.97. The van der Waals surface area contributed by atoms with Gasteiger partial charge in [0.05, 0.1) is 11.8 Å². The van der Waals surface area contributed by atoms with Crippen LogP contribution in [0.15, 0.2) is 47.3 Å². The highest BCUT2D eigenvalue weighted by Gasteiger charge is 2.27. The molecule has 1 saturated heterocycles. The lowest BCUT2D eigenvalue weighted by atomic mass is 9.95. The van der Waals surface area contributed by atoms with E-state index in [9.17, 15) is 14.0 Å². The Kier molecular flexibility index (Phi) is 4.93. The van der Waals surface area contributed by atoms with Crippen molar-refractivity contribution in [2.45, 2.75) is 19.4 Å². The van der Waals surface area contributed by atoms with Crippen molar-refractivity contribution < 1.29 is 18.4 Å². The van der Waals surface area contributed by atoms with E-state index in [0.29, 0.717) is 38.0 Å². The molecule has 6 heteroatoms. The van der Waals surface area contributed by atoms with E-state index in [0.717, 1.165) is 5.56 Å². The van der Waals surface area contributed by atoms with Crippen molar-refractivity contribution in [1.82, 2.24) is 10.2 Å². The Morgan fingerprint density at radius 1 is 1.17 bits per heavy atom. The lowest BCUT2D eigenvalue weighted by Crippen LogP contribution is -2.42. The first-order valence-electron chi connectivity index (χ1n) is 7.97. The van der Waals surface area contributed by atoms with Gasteiger partial charge in [-0.05, 0) is 36.6 Å². The van der Waals surface area contributed by atoms with Crippen LogP contribution < -0.4 is 5.32 Å². The lowest BCUT2D eigenvalue weighted by molar-refractivity contribution is -0.126. The molecule has 1 fully saturated rings. The van der Waals surface area contributed by atoms with E-state index < -0.39 is 0 Å². The summed E-state index contributed by atoms with van der Waals surface area (Å²) < 4.78 is 17.8. The molecule has 24 heavy (non-hydrogen) atoms. The van der Waals surface area contributed by atoms with Gasteiger partial charge >= 0.3 is 0 Å². The van der Waals surface area contributed by atoms with Crippen molar-refractivity contribution in [3.8, 4) is 0 Å². The van der Waals surface area contributed by atoms with E-state index in [1.54, 1.807) is 23.1 Å². The molecule has 2 amide bonds. The fourth-order valence-corrected chi connectivity index (χ4v) is 2.85. The van der Waals surface area contributed by atoms with Gasteiger partial charge in [0, 0.05) is 25.6 Å². The van der Waals surface area contributed by atoms with Crippen LogP contribution in [-0.2, 0) is 11.3 Å². The minimum atomic E-state index is -0.292. The monoisotopic (exact) mass is 330 g/mol. The summed E-state index contributed by atoms with van der Waals surface area (Å²) in [4.78, 5) is 26.2. The number of rotatable bonds is 4. The highest BCUT2D eigenvalue weighted by molar-refractivity contribution is 5.94. The van der Waals surface area contributed by atoms with E-state index >= 15 is 0 Å². The maximum absolute atomic E-state index is 12.9. The summed E-state index contributed by atoms with van der Waals surface area (Å²) in [7, 11) is 0. The van der Waals surface area contributed by atoms with Crippen LogP contribution in [-0.4, -0.2) is 29.8 Å². The zero-order chi connectivity index (χ0) is 16.9. The molecule has 0 atom stereocenters. The Bertz CT molecular complexity index is 690. The Hall–Kier alpha value is -2.63. The molecule has 0 radical (unpaired) electrons. The summed E-state index contributed by atoms with van der Waals surface area (Å²) in [5, 5.41) is 2.88. The fourth-order valence-electron chi connectivity index (χ4n) is 2.85. The van der Waals surface area contributed by atoms with E-state index in [2.05, 4.69) is 5.32 Å². The zero-order valence-corrected chi connectivity index (χ0v) is 13.2. The molecule has 0 aliphatic carbocycles. The number of hydrogen-bond acceptors (Lipinski definition) is 3. The second-order valence-electron chi connectivity index (χ2n) is 5.92. The van der Waals surface area contributed by atoms with Gasteiger partial charge in [-0.2, -0.15) is 0 Å². The lowest BCUT2D eigenvalue weighted by Gasteiger charge is -2.31. The van der Waals surface area contributed by atoms with Crippen molar-refractivity contribution >= 4 is 11.8 Å². The number of furan rings is 1. The fraction of sp³-hybridized carbons (Fsp3) is 0.333. The van der Waals surface area contributed by atoms with Crippen LogP contribution in [0.4, 0.5) is 4.39 Å². The van der Waals surface area contributed by atoms with Crippen molar-refractivity contribution in [2.24, 2.45) is 5.92 Å². The van der Waals surface area contributed by atoms with Crippen LogP contribution in [0.25, 0.3) is 0 Å². The average Bonchev–Trinajstić information content (AvgIpc) is 3.15. The van der Waals surface area contributed by atoms with Crippen LogP contribution >= 0.6 is 0 Å². The van der Waals surface area contributed by atoms with Gasteiger partial charge in [-0.25, -0.2) is 4.39 Å². The molecule has 1 aromatic carbocycles. The average molecular weight is 330 g/mol. The number of nitrogens with one attached hydrogen (secondary N) is 1. The Labute approximate surface area is 139 Å². The topological polar surface area (TPSA) is 62.6 Å². The van der Waals surface area contributed by atoms with Crippen LogP contribution in [0.3, 0.4) is 0 Å². The van der Waals surface area contributed by atoms with Crippen molar-refractivity contribution in [2.75, 3.05) is 13.1 Å². The van der Waals surface area contributed by atoms with Gasteiger partial charge in [0.25, 0.3) is 5.91 Å². The van der Waals surface area contributed by atoms with Crippen LogP contribution in [0.2, 0.25) is 0 Å². The van der Waals surface area contributed by atoms with Gasteiger partial charge in [-0.15, -0.1) is 0 Å². The van der Waals surface area contributed by atoms with Gasteiger partial charge in [-0.3, -0.25) is 9.59 Å². The highest BCUT2D eigenvalue weighted by Crippen LogP contribution is 2.19. The first kappa shape index (κ1) is 16.2. The third-order valence-electron chi connectivity index (χ3n) is 4.30. The largest absolute Gasteiger partial charge is 0.472 e. The van der Waals surface area contributed by atoms with E-state index in [4.69, 9.17) is 4.42 Å². The number of amides is 2. The number of benzene rings is 1. The predicted octanol–water partition coefficient (Wildman–Crippen LogP) is 2.59. The normalized spacial score (nSPS) is 15.3. The van der Waals surface area contributed by atoms with Gasteiger partial charge in [0.1, 0.15) is 12.1 Å². The summed E-state index contributed by atoms with van der Waals surface area (Å²) in [6, 6.07) is 7.70. The Morgan fingerprint density at radius 2 is 1.88 bits per heavy atom. The molecule has 1 aliphatic heterocycles. The molecular weight excluding hydrogens is 311 g/mol. The Morgan fingerprint density at radius 3 is 2.50 bits per heavy atom. The highest BCUT2D eigenvalue weighted by atomic mass is 19.1. The van der Waals surface area contributed by atoms with E-state index in [1.165, 1.54) is 24.7 Å². The maximum Gasteiger partial charge on any atom is 0.257 e. The molecule has 1 aromatic heterocycles. The summed E-state index contributed by atoms with van der Waals surface area (Å²) in [5.74, 6) is -0.470. The number of likely N-dealkylation sites (tertiary alicyclic amines) is 1. The summed E-state index contributed by atoms with van der Waals surface area (Å²) in [5.41, 5.74) is 1.39. The molecule has 5 nitrogen and oxygen atoms in total. The SMILES string of the molecule is O=C(NCc1ccc(F)cc1)C1CCN(C(=O)c2ccoc2)CC1. The number of nitrogens with zero attached hydrogens (tertiary/aromatic N) is 1. The van der Waals surface area contributed by atoms with Gasteiger partial charge < -0.3 is 14.6 Å². The molecule has 0 bridgehead atoms. The molecule has 3 rings (SSSR count). The number of hydrogen-bond donors (Lipinski definition) is 1. The molecule has 2 heterocycles. The van der Waals surface area contributed by atoms with Crippen molar-refractivity contribution in [1.29, 1.82) is 0 Å². The van der Waals surface area contributed by atoms with Gasteiger partial charge in [0.15, 0.2) is 0 Å². The molecule has 0 spiro atoms. The van der Waals surface area contributed by atoms with Crippen molar-refractivity contribution in [3.63, 3.8) is 0 Å². The Balaban J connectivity index is 1.46. The van der Waals surface area contributed by atoms with Crippen molar-refractivity contribution in [3.05, 3.63) is 59.8 Å². The maximum atomic E-state index is 12.9. The number of carbonyl (C=O) groups is 2. The number of halogens is 1. The van der Waals surface area contributed by atoms with Gasteiger partial charge in [-0.1, -0.05) is 12.1 Å².